The van der Waals surface area contributed by atoms with Gasteiger partial charge in [-0.05, 0) is 40.2 Å². The Hall–Kier alpha value is -1.66. The van der Waals surface area contributed by atoms with Crippen molar-refractivity contribution < 1.29 is 0 Å². The van der Waals surface area contributed by atoms with Gasteiger partial charge in [0.05, 0.1) is 10.3 Å². The van der Waals surface area contributed by atoms with Gasteiger partial charge in [0.15, 0.2) is 5.82 Å². The number of nitrogen functional groups attached to an aromatic ring is 1. The van der Waals surface area contributed by atoms with Crippen molar-refractivity contribution in [1.29, 1.82) is 0 Å². The predicted molar refractivity (Wildman–Crippen MR) is 81.0 cm³/mol. The monoisotopic (exact) mass is 334 g/mol. The molecule has 3 rings (SSSR count). The Labute approximate surface area is 123 Å². The highest BCUT2D eigenvalue weighted by Crippen LogP contribution is 2.23. The molecule has 96 valence electrons. The summed E-state index contributed by atoms with van der Waals surface area (Å²) in [6, 6.07) is 11.7. The summed E-state index contributed by atoms with van der Waals surface area (Å²) >= 11 is 5.15. The van der Waals surface area contributed by atoms with Crippen molar-refractivity contribution in [2.75, 3.05) is 5.73 Å². The fourth-order valence-electron chi connectivity index (χ4n) is 1.78. The van der Waals surface area contributed by atoms with Crippen LogP contribution in [0.4, 0.5) is 5.69 Å². The maximum atomic E-state index is 5.76. The molecule has 0 fully saturated rings. The summed E-state index contributed by atoms with van der Waals surface area (Å²) < 4.78 is 2.95. The molecule has 0 radical (unpaired) electrons. The highest BCUT2D eigenvalue weighted by atomic mass is 79.9. The molecule has 0 atom stereocenters. The molecular weight excluding hydrogens is 324 g/mol. The molecule has 2 N–H and O–H groups in total. The number of hydrogen-bond donors (Lipinski definition) is 1. The summed E-state index contributed by atoms with van der Waals surface area (Å²) in [6.07, 6.45) is 1.74. The van der Waals surface area contributed by atoms with Crippen molar-refractivity contribution in [2.45, 2.75) is 6.54 Å². The van der Waals surface area contributed by atoms with Crippen LogP contribution in [0.1, 0.15) is 4.88 Å². The summed E-state index contributed by atoms with van der Waals surface area (Å²) in [6.45, 7) is 0.728. The van der Waals surface area contributed by atoms with E-state index in [2.05, 4.69) is 32.1 Å². The van der Waals surface area contributed by atoms with E-state index >= 15 is 0 Å². The van der Waals surface area contributed by atoms with E-state index < -0.39 is 0 Å². The van der Waals surface area contributed by atoms with Gasteiger partial charge in [0.25, 0.3) is 0 Å². The van der Waals surface area contributed by atoms with Gasteiger partial charge in [-0.2, -0.15) is 5.10 Å². The van der Waals surface area contributed by atoms with Gasteiger partial charge in [0.2, 0.25) is 0 Å². The average Bonchev–Trinajstić information content (AvgIpc) is 2.99. The summed E-state index contributed by atoms with van der Waals surface area (Å²) in [4.78, 5) is 5.55. The molecular formula is C13H11BrN4S. The molecule has 19 heavy (non-hydrogen) atoms. The van der Waals surface area contributed by atoms with Crippen LogP contribution in [0, 0.1) is 0 Å². The number of nitrogens with two attached hydrogens (primary N) is 1. The second kappa shape index (κ2) is 5.14. The molecule has 1 aromatic carbocycles. The second-order valence-corrected chi connectivity index (χ2v) is 6.64. The zero-order chi connectivity index (χ0) is 13.2. The van der Waals surface area contributed by atoms with E-state index in [1.165, 1.54) is 4.88 Å². The van der Waals surface area contributed by atoms with Crippen LogP contribution in [0.2, 0.25) is 0 Å². The standard InChI is InChI=1S/C13H11BrN4S/c14-12-5-4-11(19-12)7-18-8-16-13(17-18)9-2-1-3-10(15)6-9/h1-6,8H,7,15H2. The number of nitrogens with zero attached hydrogens (tertiary/aromatic N) is 3. The van der Waals surface area contributed by atoms with E-state index in [1.54, 1.807) is 17.7 Å². The summed E-state index contributed by atoms with van der Waals surface area (Å²) in [5.41, 5.74) is 7.42. The SMILES string of the molecule is Nc1cccc(-c2ncn(Cc3ccc(Br)s3)n2)c1. The molecule has 0 aliphatic heterocycles. The van der Waals surface area contributed by atoms with Crippen molar-refractivity contribution in [2.24, 2.45) is 0 Å². The number of benzene rings is 1. The molecule has 2 aromatic heterocycles. The lowest BCUT2D eigenvalue weighted by Crippen LogP contribution is -1.98. The number of aromatic nitrogens is 3. The van der Waals surface area contributed by atoms with Gasteiger partial charge in [-0.15, -0.1) is 11.3 Å². The smallest absolute Gasteiger partial charge is 0.181 e. The van der Waals surface area contributed by atoms with Crippen LogP contribution in [0.25, 0.3) is 11.4 Å². The quantitative estimate of drug-likeness (QED) is 0.747. The minimum Gasteiger partial charge on any atom is -0.399 e. The first-order valence-electron chi connectivity index (χ1n) is 5.70. The van der Waals surface area contributed by atoms with Gasteiger partial charge < -0.3 is 5.73 Å². The fourth-order valence-corrected chi connectivity index (χ4v) is 3.25. The number of hydrogen-bond acceptors (Lipinski definition) is 4. The second-order valence-electron chi connectivity index (χ2n) is 4.10. The van der Waals surface area contributed by atoms with Crippen molar-refractivity contribution >= 4 is 33.0 Å². The third-order valence-electron chi connectivity index (χ3n) is 2.63. The lowest BCUT2D eigenvalue weighted by Gasteiger charge is -1.98. The number of thiophene rings is 1. The highest BCUT2D eigenvalue weighted by Gasteiger charge is 2.06. The topological polar surface area (TPSA) is 56.7 Å². The molecule has 3 aromatic rings. The molecule has 0 bridgehead atoms. The zero-order valence-electron chi connectivity index (χ0n) is 9.95. The summed E-state index contributed by atoms with van der Waals surface area (Å²) in [5, 5.41) is 4.47. The van der Waals surface area contributed by atoms with Crippen LogP contribution in [0.3, 0.4) is 0 Å². The average molecular weight is 335 g/mol. The first-order valence-corrected chi connectivity index (χ1v) is 7.31. The Morgan fingerprint density at radius 2 is 2.16 bits per heavy atom. The summed E-state index contributed by atoms with van der Waals surface area (Å²) in [5.74, 6) is 0.697. The van der Waals surface area contributed by atoms with Gasteiger partial charge in [-0.3, -0.25) is 0 Å². The van der Waals surface area contributed by atoms with E-state index in [1.807, 2.05) is 35.0 Å². The molecule has 0 spiro atoms. The summed E-state index contributed by atoms with van der Waals surface area (Å²) in [7, 11) is 0. The Balaban J connectivity index is 1.83. The van der Waals surface area contributed by atoms with Crippen molar-refractivity contribution in [3.8, 4) is 11.4 Å². The number of rotatable bonds is 3. The molecule has 0 saturated heterocycles. The Kier molecular flexibility index (Phi) is 3.35. The van der Waals surface area contributed by atoms with E-state index in [4.69, 9.17) is 5.73 Å². The maximum Gasteiger partial charge on any atom is 0.181 e. The Bertz CT molecular complexity index is 704. The molecule has 0 saturated carbocycles. The largest absolute Gasteiger partial charge is 0.399 e. The molecule has 2 heterocycles. The Morgan fingerprint density at radius 1 is 1.26 bits per heavy atom. The molecule has 0 aliphatic rings. The third kappa shape index (κ3) is 2.85. The minimum absolute atomic E-state index is 0.697. The van der Waals surface area contributed by atoms with Crippen molar-refractivity contribution in [3.63, 3.8) is 0 Å². The molecule has 4 nitrogen and oxygen atoms in total. The van der Waals surface area contributed by atoms with Crippen LogP contribution in [0.5, 0.6) is 0 Å². The van der Waals surface area contributed by atoms with E-state index in [0.29, 0.717) is 5.82 Å². The molecule has 0 amide bonds. The van der Waals surface area contributed by atoms with Crippen LogP contribution in [-0.4, -0.2) is 14.8 Å². The van der Waals surface area contributed by atoms with E-state index in [9.17, 15) is 0 Å². The van der Waals surface area contributed by atoms with Crippen LogP contribution in [0.15, 0.2) is 46.5 Å². The van der Waals surface area contributed by atoms with Crippen LogP contribution in [-0.2, 0) is 6.54 Å². The highest BCUT2D eigenvalue weighted by molar-refractivity contribution is 9.11. The lowest BCUT2D eigenvalue weighted by molar-refractivity contribution is 0.695. The first-order chi connectivity index (χ1) is 9.20. The molecule has 6 heteroatoms. The van der Waals surface area contributed by atoms with E-state index in [0.717, 1.165) is 21.6 Å². The third-order valence-corrected chi connectivity index (χ3v) is 4.24. The van der Waals surface area contributed by atoms with Crippen molar-refractivity contribution in [1.82, 2.24) is 14.8 Å². The van der Waals surface area contributed by atoms with E-state index in [-0.39, 0.29) is 0 Å². The van der Waals surface area contributed by atoms with Gasteiger partial charge >= 0.3 is 0 Å². The maximum absolute atomic E-state index is 5.76. The Morgan fingerprint density at radius 3 is 2.89 bits per heavy atom. The van der Waals surface area contributed by atoms with Gasteiger partial charge in [-0.1, -0.05) is 12.1 Å². The fraction of sp³-hybridized carbons (Fsp3) is 0.0769. The number of halogens is 1. The molecule has 0 aliphatic carbocycles. The first kappa shape index (κ1) is 12.4. The van der Waals surface area contributed by atoms with Crippen LogP contribution < -0.4 is 5.73 Å². The van der Waals surface area contributed by atoms with Gasteiger partial charge in [0, 0.05) is 16.1 Å². The van der Waals surface area contributed by atoms with Crippen LogP contribution >= 0.6 is 27.3 Å². The normalized spacial score (nSPS) is 10.8. The predicted octanol–water partition coefficient (Wildman–Crippen LogP) is 3.40. The van der Waals surface area contributed by atoms with Gasteiger partial charge in [0.1, 0.15) is 6.33 Å². The number of anilines is 1. The lowest BCUT2D eigenvalue weighted by atomic mass is 10.2. The molecule has 0 unspecified atom stereocenters. The van der Waals surface area contributed by atoms with Crippen molar-refractivity contribution in [3.05, 3.63) is 51.4 Å². The van der Waals surface area contributed by atoms with Gasteiger partial charge in [-0.25, -0.2) is 9.67 Å². The minimum atomic E-state index is 0.697. The zero-order valence-corrected chi connectivity index (χ0v) is 12.4.